The summed E-state index contributed by atoms with van der Waals surface area (Å²) in [5.41, 5.74) is -0.452. The molecule has 0 aliphatic rings. The predicted octanol–water partition coefficient (Wildman–Crippen LogP) is 1.21. The Labute approximate surface area is 104 Å². The van der Waals surface area contributed by atoms with Crippen molar-refractivity contribution >= 4 is 19.1 Å². The van der Waals surface area contributed by atoms with Gasteiger partial charge in [0.05, 0.1) is 6.42 Å². The number of carbonyl (C=O) groups is 2. The first-order valence-corrected chi connectivity index (χ1v) is 6.79. The van der Waals surface area contributed by atoms with Crippen molar-refractivity contribution in [3.8, 4) is 0 Å². The number of hydrogen-bond donors (Lipinski definition) is 2. The molecule has 0 amide bonds. The second kappa shape index (κ2) is 6.44. The normalized spacial score (nSPS) is 11.0. The van der Waals surface area contributed by atoms with Crippen LogP contribution in [0.25, 0.3) is 0 Å². The molecule has 1 aromatic carbocycles. The average Bonchev–Trinajstić information content (AvgIpc) is 2.33. The lowest BCUT2D eigenvalue weighted by molar-refractivity contribution is -0.145. The molecular formula is C11H13O6P. The van der Waals surface area contributed by atoms with E-state index in [1.807, 2.05) is 6.07 Å². The van der Waals surface area contributed by atoms with Crippen LogP contribution in [0.4, 0.5) is 0 Å². The largest absolute Gasteiger partial charge is 0.461 e. The summed E-state index contributed by atoms with van der Waals surface area (Å²) >= 11 is 0. The molecule has 0 radical (unpaired) electrons. The maximum Gasteiger partial charge on any atom is 0.391 e. The number of esters is 1. The van der Waals surface area contributed by atoms with Gasteiger partial charge in [-0.25, -0.2) is 0 Å². The van der Waals surface area contributed by atoms with Gasteiger partial charge in [0.2, 0.25) is 5.52 Å². The monoisotopic (exact) mass is 272 g/mol. The zero-order valence-electron chi connectivity index (χ0n) is 9.48. The molecule has 0 saturated heterocycles. The van der Waals surface area contributed by atoms with E-state index in [-0.39, 0.29) is 13.0 Å². The average molecular weight is 272 g/mol. The number of benzene rings is 1. The van der Waals surface area contributed by atoms with E-state index >= 15 is 0 Å². The Morgan fingerprint density at radius 2 is 1.72 bits per heavy atom. The fraction of sp³-hybridized carbons (Fsp3) is 0.273. The Morgan fingerprint density at radius 3 is 2.28 bits per heavy atom. The minimum atomic E-state index is -4.74. The molecule has 0 heterocycles. The summed E-state index contributed by atoms with van der Waals surface area (Å²) in [7, 11) is -4.74. The van der Waals surface area contributed by atoms with Crippen molar-refractivity contribution in [1.29, 1.82) is 0 Å². The van der Waals surface area contributed by atoms with Crippen LogP contribution in [0.3, 0.4) is 0 Å². The molecule has 0 fully saturated rings. The molecule has 0 atom stereocenters. The van der Waals surface area contributed by atoms with Crippen molar-refractivity contribution in [2.24, 2.45) is 0 Å². The third-order valence-corrected chi connectivity index (χ3v) is 2.98. The highest BCUT2D eigenvalue weighted by Crippen LogP contribution is 2.37. The molecule has 1 aromatic rings. The standard InChI is InChI=1S/C11H13O6P/c12-10(6-7-11(13)18(14,15)16)17-8-9-4-2-1-3-5-9/h1-5H,6-8H2,(H2,14,15,16). The summed E-state index contributed by atoms with van der Waals surface area (Å²) < 4.78 is 15.4. The molecule has 0 spiro atoms. The van der Waals surface area contributed by atoms with Crippen LogP contribution in [0.15, 0.2) is 30.3 Å². The highest BCUT2D eigenvalue weighted by Gasteiger charge is 2.25. The van der Waals surface area contributed by atoms with Gasteiger partial charge in [-0.1, -0.05) is 30.3 Å². The van der Waals surface area contributed by atoms with Gasteiger partial charge in [0, 0.05) is 6.42 Å². The molecule has 1 rings (SSSR count). The van der Waals surface area contributed by atoms with E-state index < -0.39 is 25.5 Å². The van der Waals surface area contributed by atoms with E-state index in [9.17, 15) is 14.2 Å². The van der Waals surface area contributed by atoms with Crippen LogP contribution in [-0.2, 0) is 25.5 Å². The van der Waals surface area contributed by atoms with Crippen molar-refractivity contribution in [2.75, 3.05) is 0 Å². The maximum absolute atomic E-state index is 11.2. The minimum absolute atomic E-state index is 0.0732. The molecule has 18 heavy (non-hydrogen) atoms. The number of rotatable bonds is 6. The van der Waals surface area contributed by atoms with Crippen LogP contribution in [-0.4, -0.2) is 21.3 Å². The van der Waals surface area contributed by atoms with Crippen LogP contribution in [0.2, 0.25) is 0 Å². The second-order valence-corrected chi connectivity index (χ2v) is 5.17. The Hall–Kier alpha value is -1.49. The molecule has 0 aliphatic carbocycles. The van der Waals surface area contributed by atoms with Crippen LogP contribution in [0, 0.1) is 0 Å². The van der Waals surface area contributed by atoms with Crippen molar-refractivity contribution in [1.82, 2.24) is 0 Å². The number of hydrogen-bond acceptors (Lipinski definition) is 4. The Balaban J connectivity index is 2.31. The lowest BCUT2D eigenvalue weighted by Gasteiger charge is -2.05. The predicted molar refractivity (Wildman–Crippen MR) is 62.5 cm³/mol. The number of carbonyl (C=O) groups excluding carboxylic acids is 2. The van der Waals surface area contributed by atoms with Gasteiger partial charge < -0.3 is 14.5 Å². The highest BCUT2D eigenvalue weighted by molar-refractivity contribution is 7.70. The molecule has 0 saturated carbocycles. The van der Waals surface area contributed by atoms with Crippen LogP contribution >= 0.6 is 7.60 Å². The van der Waals surface area contributed by atoms with Crippen LogP contribution in [0.5, 0.6) is 0 Å². The first-order valence-electron chi connectivity index (χ1n) is 5.18. The van der Waals surface area contributed by atoms with Gasteiger partial charge in [-0.3, -0.25) is 14.2 Å². The van der Waals surface area contributed by atoms with E-state index in [0.717, 1.165) is 5.56 Å². The van der Waals surface area contributed by atoms with Gasteiger partial charge in [-0.05, 0) is 5.56 Å². The summed E-state index contributed by atoms with van der Waals surface area (Å²) in [5, 5.41) is 0. The molecular weight excluding hydrogens is 259 g/mol. The van der Waals surface area contributed by atoms with Gasteiger partial charge in [0.1, 0.15) is 6.61 Å². The zero-order chi connectivity index (χ0) is 13.6. The van der Waals surface area contributed by atoms with Crippen LogP contribution < -0.4 is 0 Å². The topological polar surface area (TPSA) is 101 Å². The van der Waals surface area contributed by atoms with E-state index in [1.54, 1.807) is 24.3 Å². The van der Waals surface area contributed by atoms with Gasteiger partial charge in [-0.2, -0.15) is 0 Å². The summed E-state index contributed by atoms with van der Waals surface area (Å²) in [6.45, 7) is 0.0732. The van der Waals surface area contributed by atoms with E-state index in [2.05, 4.69) is 0 Å². The Bertz CT molecular complexity index is 464. The Morgan fingerprint density at radius 1 is 1.11 bits per heavy atom. The summed E-state index contributed by atoms with van der Waals surface area (Å²) in [5.74, 6) is -0.666. The summed E-state index contributed by atoms with van der Waals surface area (Å²) in [4.78, 5) is 39.1. The third-order valence-electron chi connectivity index (χ3n) is 2.11. The van der Waals surface area contributed by atoms with Gasteiger partial charge in [0.15, 0.2) is 0 Å². The summed E-state index contributed by atoms with van der Waals surface area (Å²) in [6, 6.07) is 8.95. The molecule has 0 unspecified atom stereocenters. The SMILES string of the molecule is O=C(CCC(=O)P(=O)(O)O)OCc1ccccc1. The number of ether oxygens (including phenoxy) is 1. The second-order valence-electron chi connectivity index (χ2n) is 3.58. The molecule has 98 valence electrons. The minimum Gasteiger partial charge on any atom is -0.461 e. The van der Waals surface area contributed by atoms with Gasteiger partial charge in [-0.15, -0.1) is 0 Å². The lowest BCUT2D eigenvalue weighted by Crippen LogP contribution is -2.08. The van der Waals surface area contributed by atoms with E-state index in [4.69, 9.17) is 14.5 Å². The van der Waals surface area contributed by atoms with Gasteiger partial charge in [0.25, 0.3) is 0 Å². The van der Waals surface area contributed by atoms with Crippen molar-refractivity contribution in [2.45, 2.75) is 19.4 Å². The van der Waals surface area contributed by atoms with E-state index in [1.165, 1.54) is 0 Å². The first-order chi connectivity index (χ1) is 8.39. The quantitative estimate of drug-likeness (QED) is 0.596. The smallest absolute Gasteiger partial charge is 0.391 e. The molecule has 6 nitrogen and oxygen atoms in total. The van der Waals surface area contributed by atoms with E-state index in [0.29, 0.717) is 0 Å². The molecule has 7 heteroatoms. The third kappa shape index (κ3) is 5.23. The molecule has 2 N–H and O–H groups in total. The molecule has 0 aromatic heterocycles. The fourth-order valence-electron chi connectivity index (χ4n) is 1.16. The fourth-order valence-corrected chi connectivity index (χ4v) is 1.57. The van der Waals surface area contributed by atoms with Crippen molar-refractivity contribution in [3.05, 3.63) is 35.9 Å². The lowest BCUT2D eigenvalue weighted by atomic mass is 10.2. The first kappa shape index (κ1) is 14.6. The van der Waals surface area contributed by atoms with Crippen LogP contribution in [0.1, 0.15) is 18.4 Å². The molecule has 0 aliphatic heterocycles. The van der Waals surface area contributed by atoms with Gasteiger partial charge >= 0.3 is 13.6 Å². The summed E-state index contributed by atoms with van der Waals surface area (Å²) in [6.07, 6.45) is -0.853. The highest BCUT2D eigenvalue weighted by atomic mass is 31.2. The Kier molecular flexibility index (Phi) is 5.22. The van der Waals surface area contributed by atoms with Crippen molar-refractivity contribution in [3.63, 3.8) is 0 Å². The van der Waals surface area contributed by atoms with Crippen molar-refractivity contribution < 1.29 is 28.7 Å². The maximum atomic E-state index is 11.2. The molecule has 0 bridgehead atoms. The zero-order valence-corrected chi connectivity index (χ0v) is 10.4.